The van der Waals surface area contributed by atoms with Crippen LogP contribution in [0.5, 0.6) is 0 Å². The van der Waals surface area contributed by atoms with Crippen molar-refractivity contribution in [1.82, 2.24) is 25.1 Å². The van der Waals surface area contributed by atoms with Crippen LogP contribution in [0.15, 0.2) is 35.8 Å². The summed E-state index contributed by atoms with van der Waals surface area (Å²) in [6.45, 7) is 7.12. The second kappa shape index (κ2) is 8.91. The topological polar surface area (TPSA) is 81.3 Å². The number of benzene rings is 1. The molecule has 0 saturated carbocycles. The molecule has 2 N–H and O–H groups in total. The molecule has 0 aliphatic carbocycles. The Kier molecular flexibility index (Phi) is 5.97. The van der Waals surface area contributed by atoms with Gasteiger partial charge >= 0.3 is 6.03 Å². The third-order valence-electron chi connectivity index (χ3n) is 7.43. The Labute approximate surface area is 198 Å². The molecule has 0 bridgehead atoms. The third-order valence-corrected chi connectivity index (χ3v) is 8.43. The first-order valence-electron chi connectivity index (χ1n) is 11.8. The fraction of sp³-hybridized carbons (Fsp3) is 0.480. The molecule has 8 heteroatoms. The van der Waals surface area contributed by atoms with Gasteiger partial charge in [0.05, 0.1) is 11.2 Å². The summed E-state index contributed by atoms with van der Waals surface area (Å²) in [6, 6.07) is 10.3. The predicted molar refractivity (Wildman–Crippen MR) is 130 cm³/mol. The molecule has 3 amide bonds. The molecule has 1 atom stereocenters. The molecule has 2 aromatic heterocycles. The SMILES string of the molecule is CCC1(C2CCN(Cc3cc4ccccc4[nH]3)CC2)NC(=O)N(CCc2scnc2C)C1=O. The molecule has 4 heterocycles. The molecule has 1 aromatic carbocycles. The molecule has 7 nitrogen and oxygen atoms in total. The van der Waals surface area contributed by atoms with Crippen LogP contribution < -0.4 is 5.32 Å². The van der Waals surface area contributed by atoms with E-state index in [2.05, 4.69) is 44.5 Å². The Bertz CT molecular complexity index is 1130. The summed E-state index contributed by atoms with van der Waals surface area (Å²) < 4.78 is 0. The van der Waals surface area contributed by atoms with Gasteiger partial charge < -0.3 is 10.3 Å². The van der Waals surface area contributed by atoms with Crippen molar-refractivity contribution in [1.29, 1.82) is 0 Å². The second-order valence-corrected chi connectivity index (χ2v) is 10.2. The Morgan fingerprint density at radius 2 is 2.00 bits per heavy atom. The number of imide groups is 1. The number of nitrogens with one attached hydrogen (secondary N) is 2. The molecule has 174 valence electrons. The van der Waals surface area contributed by atoms with E-state index in [1.165, 1.54) is 21.5 Å². The van der Waals surface area contributed by atoms with Crippen LogP contribution in [0.4, 0.5) is 4.79 Å². The van der Waals surface area contributed by atoms with Gasteiger partial charge in [-0.3, -0.25) is 14.6 Å². The van der Waals surface area contributed by atoms with Crippen LogP contribution in [0, 0.1) is 12.8 Å². The monoisotopic (exact) mass is 465 g/mol. The number of thiazole rings is 1. The Hall–Kier alpha value is -2.71. The third kappa shape index (κ3) is 4.06. The quantitative estimate of drug-likeness (QED) is 0.515. The van der Waals surface area contributed by atoms with Gasteiger partial charge in [-0.1, -0.05) is 25.1 Å². The Morgan fingerprint density at radius 3 is 2.70 bits per heavy atom. The highest BCUT2D eigenvalue weighted by Gasteiger charge is 2.54. The summed E-state index contributed by atoms with van der Waals surface area (Å²) in [7, 11) is 0. The van der Waals surface area contributed by atoms with Gasteiger partial charge in [-0.15, -0.1) is 11.3 Å². The Balaban J connectivity index is 1.22. The minimum Gasteiger partial charge on any atom is -0.357 e. The molecule has 2 aliphatic rings. The number of rotatable bonds is 7. The van der Waals surface area contributed by atoms with E-state index in [1.54, 1.807) is 11.3 Å². The van der Waals surface area contributed by atoms with Crippen LogP contribution in [0.3, 0.4) is 0 Å². The van der Waals surface area contributed by atoms with Gasteiger partial charge in [0, 0.05) is 35.6 Å². The van der Waals surface area contributed by atoms with Crippen molar-refractivity contribution in [2.75, 3.05) is 19.6 Å². The zero-order valence-electron chi connectivity index (χ0n) is 19.3. The maximum Gasteiger partial charge on any atom is 0.325 e. The average molecular weight is 466 g/mol. The van der Waals surface area contributed by atoms with Crippen LogP contribution >= 0.6 is 11.3 Å². The lowest BCUT2D eigenvalue weighted by Crippen LogP contribution is -2.55. The van der Waals surface area contributed by atoms with E-state index in [9.17, 15) is 9.59 Å². The van der Waals surface area contributed by atoms with Crippen molar-refractivity contribution >= 4 is 34.2 Å². The van der Waals surface area contributed by atoms with Crippen molar-refractivity contribution in [2.24, 2.45) is 5.92 Å². The number of urea groups is 1. The summed E-state index contributed by atoms with van der Waals surface area (Å²) in [6.07, 6.45) is 3.10. The number of aromatic nitrogens is 2. The van der Waals surface area contributed by atoms with Gasteiger partial charge in [0.25, 0.3) is 5.91 Å². The summed E-state index contributed by atoms with van der Waals surface area (Å²) in [4.78, 5) is 39.1. The number of para-hydroxylation sites is 1. The summed E-state index contributed by atoms with van der Waals surface area (Å²) in [5.74, 6) is 0.110. The molecule has 5 rings (SSSR count). The van der Waals surface area contributed by atoms with Gasteiger partial charge in [-0.25, -0.2) is 9.78 Å². The van der Waals surface area contributed by atoms with Crippen LogP contribution in [0.1, 0.15) is 42.5 Å². The molecule has 2 saturated heterocycles. The van der Waals surface area contributed by atoms with Crippen molar-refractivity contribution in [3.05, 3.63) is 52.1 Å². The number of carbonyl (C=O) groups is 2. The van der Waals surface area contributed by atoms with E-state index in [0.717, 1.165) is 43.0 Å². The van der Waals surface area contributed by atoms with Crippen molar-refractivity contribution in [2.45, 2.75) is 51.6 Å². The number of aromatic amines is 1. The fourth-order valence-electron chi connectivity index (χ4n) is 5.48. The summed E-state index contributed by atoms with van der Waals surface area (Å²) >= 11 is 1.58. The lowest BCUT2D eigenvalue weighted by molar-refractivity contribution is -0.134. The molecule has 2 aliphatic heterocycles. The highest BCUT2D eigenvalue weighted by Crippen LogP contribution is 2.36. The molecule has 0 spiro atoms. The number of aryl methyl sites for hydroxylation is 1. The molecule has 2 fully saturated rings. The minimum atomic E-state index is -0.771. The van der Waals surface area contributed by atoms with E-state index >= 15 is 0 Å². The number of nitrogens with zero attached hydrogens (tertiary/aromatic N) is 3. The first-order valence-corrected chi connectivity index (χ1v) is 12.7. The number of amides is 3. The standard InChI is InChI=1S/C25H31N5O2S/c1-3-25(23(31)30(24(32)28-25)13-10-22-17(2)26-16-33-22)19-8-11-29(12-9-19)15-20-14-18-6-4-5-7-21(18)27-20/h4-7,14,16,19,27H,3,8-13,15H2,1-2H3,(H,28,32). The zero-order chi connectivity index (χ0) is 23.0. The van der Waals surface area contributed by atoms with Crippen LogP contribution in [-0.2, 0) is 17.8 Å². The summed E-state index contributed by atoms with van der Waals surface area (Å²) in [5.41, 5.74) is 4.41. The van der Waals surface area contributed by atoms with Crippen molar-refractivity contribution in [3.63, 3.8) is 0 Å². The maximum absolute atomic E-state index is 13.5. The second-order valence-electron chi connectivity index (χ2n) is 9.26. The number of piperidine rings is 1. The number of fused-ring (bicyclic) bond motifs is 1. The highest BCUT2D eigenvalue weighted by atomic mass is 32.1. The molecule has 1 unspecified atom stereocenters. The van der Waals surface area contributed by atoms with E-state index < -0.39 is 5.54 Å². The molecular weight excluding hydrogens is 434 g/mol. The fourth-order valence-corrected chi connectivity index (χ4v) is 6.25. The van der Waals surface area contributed by atoms with E-state index in [-0.39, 0.29) is 17.9 Å². The number of carbonyl (C=O) groups excluding carboxylic acids is 2. The van der Waals surface area contributed by atoms with E-state index in [4.69, 9.17) is 0 Å². The minimum absolute atomic E-state index is 0.0498. The lowest BCUT2D eigenvalue weighted by atomic mass is 9.75. The van der Waals surface area contributed by atoms with E-state index in [0.29, 0.717) is 19.4 Å². The number of hydrogen-bond acceptors (Lipinski definition) is 5. The van der Waals surface area contributed by atoms with Crippen LogP contribution in [-0.4, -0.2) is 56.9 Å². The normalized spacial score (nSPS) is 22.4. The molecule has 3 aromatic rings. The van der Waals surface area contributed by atoms with Gasteiger partial charge in [0.1, 0.15) is 5.54 Å². The summed E-state index contributed by atoms with van der Waals surface area (Å²) in [5, 5.41) is 4.35. The maximum atomic E-state index is 13.5. The Morgan fingerprint density at radius 1 is 1.21 bits per heavy atom. The van der Waals surface area contributed by atoms with Crippen molar-refractivity contribution < 1.29 is 9.59 Å². The van der Waals surface area contributed by atoms with E-state index in [1.807, 2.05) is 25.4 Å². The lowest BCUT2D eigenvalue weighted by Gasteiger charge is -2.40. The zero-order valence-corrected chi connectivity index (χ0v) is 20.1. The van der Waals surface area contributed by atoms with Crippen molar-refractivity contribution in [3.8, 4) is 0 Å². The largest absolute Gasteiger partial charge is 0.357 e. The smallest absolute Gasteiger partial charge is 0.325 e. The van der Waals surface area contributed by atoms with Gasteiger partial charge in [0.2, 0.25) is 0 Å². The van der Waals surface area contributed by atoms with Gasteiger partial charge in [-0.05, 0) is 62.7 Å². The molecule has 33 heavy (non-hydrogen) atoms. The highest BCUT2D eigenvalue weighted by molar-refractivity contribution is 7.09. The van der Waals surface area contributed by atoms with Gasteiger partial charge in [-0.2, -0.15) is 0 Å². The van der Waals surface area contributed by atoms with Crippen LogP contribution in [0.2, 0.25) is 0 Å². The first kappa shape index (κ1) is 22.1. The first-order chi connectivity index (χ1) is 16.0. The number of H-pyrrole nitrogens is 1. The predicted octanol–water partition coefficient (Wildman–Crippen LogP) is 4.09. The van der Waals surface area contributed by atoms with Crippen LogP contribution in [0.25, 0.3) is 10.9 Å². The molecule has 0 radical (unpaired) electrons. The molecular formula is C25H31N5O2S. The average Bonchev–Trinajstić information content (AvgIpc) is 3.49. The van der Waals surface area contributed by atoms with Gasteiger partial charge in [0.15, 0.2) is 0 Å². The number of hydrogen-bond donors (Lipinski definition) is 2. The number of likely N-dealkylation sites (tertiary alicyclic amines) is 1.